The summed E-state index contributed by atoms with van der Waals surface area (Å²) >= 11 is 2.93. The molecule has 0 saturated heterocycles. The number of thioether (sulfide) groups is 2. The lowest BCUT2D eigenvalue weighted by Gasteiger charge is -2.19. The molecule has 3 rings (SSSR count). The standard InChI is InChI=1S/C22H22N4O2S2/c1-26(22(28)16-30-19-8-12-24-13-9-19)14-17-4-2-3-5-20(17)25-21(27)15-29-18-6-10-23-11-7-18/h2-13H,14-16H2,1H3,(H,25,27). The van der Waals surface area contributed by atoms with E-state index in [1.165, 1.54) is 23.5 Å². The van der Waals surface area contributed by atoms with Crippen LogP contribution in [0.4, 0.5) is 5.69 Å². The molecule has 2 heterocycles. The van der Waals surface area contributed by atoms with Crippen LogP contribution in [0.2, 0.25) is 0 Å². The molecule has 0 spiro atoms. The number of aromatic nitrogens is 2. The number of carbonyl (C=O) groups excluding carboxylic acids is 2. The Morgan fingerprint density at radius 3 is 2.07 bits per heavy atom. The zero-order valence-corrected chi connectivity index (χ0v) is 18.2. The van der Waals surface area contributed by atoms with Gasteiger partial charge in [-0.15, -0.1) is 23.5 Å². The van der Waals surface area contributed by atoms with Crippen LogP contribution in [0.15, 0.2) is 83.1 Å². The van der Waals surface area contributed by atoms with Gasteiger partial charge in [-0.3, -0.25) is 19.6 Å². The van der Waals surface area contributed by atoms with E-state index in [0.29, 0.717) is 18.1 Å². The van der Waals surface area contributed by atoms with Crippen molar-refractivity contribution in [2.75, 3.05) is 23.9 Å². The SMILES string of the molecule is CN(Cc1ccccc1NC(=O)CSc1ccncc1)C(=O)CSc1ccncc1. The lowest BCUT2D eigenvalue weighted by molar-refractivity contribution is -0.127. The van der Waals surface area contributed by atoms with Gasteiger partial charge in [-0.2, -0.15) is 0 Å². The molecule has 0 radical (unpaired) electrons. The Hall–Kier alpha value is -2.84. The van der Waals surface area contributed by atoms with Crippen LogP contribution in [0, 0.1) is 0 Å². The molecule has 0 fully saturated rings. The van der Waals surface area contributed by atoms with Gasteiger partial charge in [0, 0.05) is 53.9 Å². The van der Waals surface area contributed by atoms with Gasteiger partial charge in [-0.1, -0.05) is 18.2 Å². The van der Waals surface area contributed by atoms with Crippen LogP contribution in [-0.2, 0) is 16.1 Å². The Labute approximate surface area is 184 Å². The molecule has 0 aliphatic rings. The van der Waals surface area contributed by atoms with E-state index in [1.807, 2.05) is 48.5 Å². The summed E-state index contributed by atoms with van der Waals surface area (Å²) in [5, 5.41) is 2.96. The van der Waals surface area contributed by atoms with E-state index < -0.39 is 0 Å². The molecule has 0 atom stereocenters. The van der Waals surface area contributed by atoms with Crippen LogP contribution in [0.5, 0.6) is 0 Å². The molecule has 0 aliphatic heterocycles. The molecule has 30 heavy (non-hydrogen) atoms. The highest BCUT2D eigenvalue weighted by Gasteiger charge is 2.13. The summed E-state index contributed by atoms with van der Waals surface area (Å²) in [6.45, 7) is 0.420. The number of nitrogens with zero attached hydrogens (tertiary/aromatic N) is 3. The Morgan fingerprint density at radius 2 is 1.43 bits per heavy atom. The van der Waals surface area contributed by atoms with Crippen molar-refractivity contribution in [2.45, 2.75) is 16.3 Å². The first-order chi connectivity index (χ1) is 14.6. The number of hydrogen-bond donors (Lipinski definition) is 1. The zero-order valence-electron chi connectivity index (χ0n) is 16.5. The minimum atomic E-state index is -0.0912. The van der Waals surface area contributed by atoms with Crippen molar-refractivity contribution in [3.05, 3.63) is 78.9 Å². The van der Waals surface area contributed by atoms with E-state index in [0.717, 1.165) is 21.0 Å². The topological polar surface area (TPSA) is 75.2 Å². The fourth-order valence-corrected chi connectivity index (χ4v) is 4.09. The van der Waals surface area contributed by atoms with Gasteiger partial charge in [-0.05, 0) is 35.9 Å². The van der Waals surface area contributed by atoms with E-state index in [9.17, 15) is 9.59 Å². The fourth-order valence-electron chi connectivity index (χ4n) is 2.58. The summed E-state index contributed by atoms with van der Waals surface area (Å²) in [6.07, 6.45) is 6.83. The molecular weight excluding hydrogens is 416 g/mol. The summed E-state index contributed by atoms with van der Waals surface area (Å²) < 4.78 is 0. The molecule has 0 aliphatic carbocycles. The van der Waals surface area contributed by atoms with E-state index in [4.69, 9.17) is 0 Å². The third-order valence-corrected chi connectivity index (χ3v) is 6.17. The number of carbonyl (C=O) groups is 2. The highest BCUT2D eigenvalue weighted by atomic mass is 32.2. The highest BCUT2D eigenvalue weighted by Crippen LogP contribution is 2.21. The van der Waals surface area contributed by atoms with Crippen LogP contribution >= 0.6 is 23.5 Å². The largest absolute Gasteiger partial charge is 0.341 e. The van der Waals surface area contributed by atoms with Gasteiger partial charge in [0.2, 0.25) is 11.8 Å². The highest BCUT2D eigenvalue weighted by molar-refractivity contribution is 8.00. The van der Waals surface area contributed by atoms with Gasteiger partial charge in [-0.25, -0.2) is 0 Å². The van der Waals surface area contributed by atoms with E-state index in [2.05, 4.69) is 15.3 Å². The molecule has 2 amide bonds. The number of rotatable bonds is 9. The van der Waals surface area contributed by atoms with Crippen molar-refractivity contribution in [1.82, 2.24) is 14.9 Å². The van der Waals surface area contributed by atoms with E-state index >= 15 is 0 Å². The van der Waals surface area contributed by atoms with Crippen molar-refractivity contribution in [3.63, 3.8) is 0 Å². The number of para-hydroxylation sites is 1. The lowest BCUT2D eigenvalue weighted by atomic mass is 10.1. The predicted molar refractivity (Wildman–Crippen MR) is 121 cm³/mol. The molecule has 0 saturated carbocycles. The molecular formula is C22H22N4O2S2. The second-order valence-electron chi connectivity index (χ2n) is 6.40. The van der Waals surface area contributed by atoms with Gasteiger partial charge in [0.25, 0.3) is 0 Å². The third kappa shape index (κ3) is 6.89. The van der Waals surface area contributed by atoms with Crippen LogP contribution in [0.3, 0.4) is 0 Å². The fraction of sp³-hybridized carbons (Fsp3) is 0.182. The normalized spacial score (nSPS) is 10.4. The first-order valence-electron chi connectivity index (χ1n) is 9.29. The van der Waals surface area contributed by atoms with Gasteiger partial charge < -0.3 is 10.2 Å². The molecule has 6 nitrogen and oxygen atoms in total. The predicted octanol–water partition coefficient (Wildman–Crippen LogP) is 3.96. The number of amides is 2. The second-order valence-corrected chi connectivity index (χ2v) is 8.50. The Morgan fingerprint density at radius 1 is 0.867 bits per heavy atom. The summed E-state index contributed by atoms with van der Waals surface area (Å²) in [5.41, 5.74) is 1.61. The Kier molecular flexibility index (Phi) is 8.29. The minimum Gasteiger partial charge on any atom is -0.341 e. The smallest absolute Gasteiger partial charge is 0.234 e. The van der Waals surface area contributed by atoms with Gasteiger partial charge in [0.05, 0.1) is 11.5 Å². The molecule has 0 bridgehead atoms. The maximum Gasteiger partial charge on any atom is 0.234 e. The van der Waals surface area contributed by atoms with E-state index in [1.54, 1.807) is 36.7 Å². The van der Waals surface area contributed by atoms with Crippen molar-refractivity contribution in [1.29, 1.82) is 0 Å². The molecule has 0 unspecified atom stereocenters. The number of benzene rings is 1. The maximum absolute atomic E-state index is 12.5. The molecule has 154 valence electrons. The van der Waals surface area contributed by atoms with Crippen LogP contribution < -0.4 is 5.32 Å². The van der Waals surface area contributed by atoms with Crippen molar-refractivity contribution in [2.24, 2.45) is 0 Å². The average molecular weight is 439 g/mol. The Bertz CT molecular complexity index is 971. The van der Waals surface area contributed by atoms with E-state index in [-0.39, 0.29) is 11.8 Å². The monoisotopic (exact) mass is 438 g/mol. The van der Waals surface area contributed by atoms with Crippen molar-refractivity contribution in [3.8, 4) is 0 Å². The van der Waals surface area contributed by atoms with Crippen LogP contribution in [0.25, 0.3) is 0 Å². The summed E-state index contributed by atoms with van der Waals surface area (Å²) in [4.78, 5) is 36.5. The second kappa shape index (κ2) is 11.4. The van der Waals surface area contributed by atoms with Crippen LogP contribution in [0.1, 0.15) is 5.56 Å². The Balaban J connectivity index is 1.53. The number of nitrogens with one attached hydrogen (secondary N) is 1. The quantitative estimate of drug-likeness (QED) is 0.510. The first kappa shape index (κ1) is 21.9. The summed E-state index contributed by atoms with van der Waals surface area (Å²) in [5.74, 6) is 0.575. The summed E-state index contributed by atoms with van der Waals surface area (Å²) in [7, 11) is 1.77. The van der Waals surface area contributed by atoms with Gasteiger partial charge in [0.1, 0.15) is 0 Å². The zero-order chi connectivity index (χ0) is 21.2. The molecule has 1 N–H and O–H groups in total. The maximum atomic E-state index is 12.5. The van der Waals surface area contributed by atoms with Crippen LogP contribution in [-0.4, -0.2) is 45.2 Å². The average Bonchev–Trinajstić information content (AvgIpc) is 2.78. The molecule has 3 aromatic rings. The van der Waals surface area contributed by atoms with Crippen molar-refractivity contribution >= 4 is 41.0 Å². The van der Waals surface area contributed by atoms with Crippen molar-refractivity contribution < 1.29 is 9.59 Å². The van der Waals surface area contributed by atoms with Gasteiger partial charge in [0.15, 0.2) is 0 Å². The number of hydrogen-bond acceptors (Lipinski definition) is 6. The third-order valence-electron chi connectivity index (χ3n) is 4.16. The van der Waals surface area contributed by atoms with Gasteiger partial charge >= 0.3 is 0 Å². The number of anilines is 1. The lowest BCUT2D eigenvalue weighted by Crippen LogP contribution is -2.28. The molecule has 8 heteroatoms. The number of pyridine rings is 2. The minimum absolute atomic E-state index is 0.0196. The first-order valence-corrected chi connectivity index (χ1v) is 11.3. The molecule has 2 aromatic heterocycles. The summed E-state index contributed by atoms with van der Waals surface area (Å²) in [6, 6.07) is 15.1. The molecule has 1 aromatic carbocycles.